The molecular weight excluding hydrogens is 238 g/mol. The lowest BCUT2D eigenvalue weighted by molar-refractivity contribution is -0.141. The fraction of sp³-hybridized carbons (Fsp3) is 0.867. The van der Waals surface area contributed by atoms with Crippen LogP contribution in [0.3, 0.4) is 0 Å². The molecule has 0 saturated carbocycles. The Morgan fingerprint density at radius 1 is 1.21 bits per heavy atom. The molecule has 0 radical (unpaired) electrons. The second-order valence-corrected chi connectivity index (χ2v) is 5.49. The minimum Gasteiger partial charge on any atom is -0.339 e. The van der Waals surface area contributed by atoms with Crippen molar-refractivity contribution in [1.29, 1.82) is 5.26 Å². The lowest BCUT2D eigenvalue weighted by atomic mass is 9.82. The molecule has 1 aliphatic heterocycles. The predicted molar refractivity (Wildman–Crippen MR) is 76.5 cm³/mol. The Hall–Kier alpha value is -1.08. The molecular formula is C15H27N3O. The first-order chi connectivity index (χ1) is 9.04. The van der Waals surface area contributed by atoms with Crippen molar-refractivity contribution in [3.8, 4) is 6.07 Å². The van der Waals surface area contributed by atoms with Crippen LogP contribution in [0, 0.1) is 16.7 Å². The van der Waals surface area contributed by atoms with Crippen molar-refractivity contribution >= 4 is 5.91 Å². The van der Waals surface area contributed by atoms with Gasteiger partial charge in [0.25, 0.3) is 0 Å². The normalized spacial score (nSPS) is 19.0. The lowest BCUT2D eigenvalue weighted by Crippen LogP contribution is -2.54. The molecule has 1 heterocycles. The largest absolute Gasteiger partial charge is 0.339 e. The summed E-state index contributed by atoms with van der Waals surface area (Å²) in [7, 11) is 0. The Bertz CT molecular complexity index is 336. The fourth-order valence-corrected chi connectivity index (χ4v) is 2.69. The second kappa shape index (κ2) is 6.91. The number of nitriles is 1. The molecule has 108 valence electrons. The molecule has 0 aromatic heterocycles. The zero-order valence-corrected chi connectivity index (χ0v) is 12.8. The molecule has 1 atom stereocenters. The molecule has 4 heteroatoms. The first-order valence-corrected chi connectivity index (χ1v) is 7.49. The average Bonchev–Trinajstić information content (AvgIpc) is 2.48. The standard InChI is InChI=1S/C15H27N3O/c1-5-13(4)17-8-10-18(11-9-17)14(19)15(6-2,7-3)12-16/h13H,5-11H2,1-4H3. The van der Waals surface area contributed by atoms with E-state index in [0.29, 0.717) is 18.9 Å². The van der Waals surface area contributed by atoms with E-state index in [2.05, 4.69) is 24.8 Å². The molecule has 0 aliphatic carbocycles. The molecule has 0 spiro atoms. The van der Waals surface area contributed by atoms with Gasteiger partial charge in [0.2, 0.25) is 5.91 Å². The highest BCUT2D eigenvalue weighted by molar-refractivity contribution is 5.85. The van der Waals surface area contributed by atoms with Crippen LogP contribution in [0.1, 0.15) is 47.0 Å². The van der Waals surface area contributed by atoms with Crippen LogP contribution < -0.4 is 0 Å². The minimum atomic E-state index is -0.807. The van der Waals surface area contributed by atoms with E-state index in [-0.39, 0.29) is 5.91 Å². The van der Waals surface area contributed by atoms with Gasteiger partial charge in [-0.15, -0.1) is 0 Å². The van der Waals surface area contributed by atoms with Gasteiger partial charge in [0.15, 0.2) is 0 Å². The van der Waals surface area contributed by atoms with Gasteiger partial charge >= 0.3 is 0 Å². The van der Waals surface area contributed by atoms with Crippen LogP contribution >= 0.6 is 0 Å². The number of rotatable bonds is 5. The van der Waals surface area contributed by atoms with Gasteiger partial charge < -0.3 is 4.90 Å². The Morgan fingerprint density at radius 3 is 2.11 bits per heavy atom. The summed E-state index contributed by atoms with van der Waals surface area (Å²) in [4.78, 5) is 16.9. The lowest BCUT2D eigenvalue weighted by Gasteiger charge is -2.40. The molecule has 0 aromatic carbocycles. The van der Waals surface area contributed by atoms with Gasteiger partial charge in [-0.2, -0.15) is 5.26 Å². The quantitative estimate of drug-likeness (QED) is 0.766. The summed E-state index contributed by atoms with van der Waals surface area (Å²) in [5.41, 5.74) is -0.807. The van der Waals surface area contributed by atoms with Gasteiger partial charge in [-0.25, -0.2) is 0 Å². The van der Waals surface area contributed by atoms with Crippen molar-refractivity contribution in [3.63, 3.8) is 0 Å². The van der Waals surface area contributed by atoms with Crippen LogP contribution in [0.2, 0.25) is 0 Å². The van der Waals surface area contributed by atoms with E-state index in [1.165, 1.54) is 0 Å². The summed E-state index contributed by atoms with van der Waals surface area (Å²) in [5, 5.41) is 9.35. The highest BCUT2D eigenvalue weighted by atomic mass is 16.2. The van der Waals surface area contributed by atoms with Crippen LogP contribution in [0.5, 0.6) is 0 Å². The van der Waals surface area contributed by atoms with Gasteiger partial charge in [0.05, 0.1) is 6.07 Å². The highest BCUT2D eigenvalue weighted by Gasteiger charge is 2.39. The topological polar surface area (TPSA) is 47.3 Å². The number of piperazine rings is 1. The zero-order valence-electron chi connectivity index (χ0n) is 12.8. The number of amides is 1. The second-order valence-electron chi connectivity index (χ2n) is 5.49. The van der Waals surface area contributed by atoms with E-state index in [0.717, 1.165) is 32.6 Å². The number of hydrogen-bond donors (Lipinski definition) is 0. The smallest absolute Gasteiger partial charge is 0.243 e. The van der Waals surface area contributed by atoms with E-state index >= 15 is 0 Å². The summed E-state index contributed by atoms with van der Waals surface area (Å²) in [6.45, 7) is 11.6. The summed E-state index contributed by atoms with van der Waals surface area (Å²) in [6, 6.07) is 2.83. The van der Waals surface area contributed by atoms with Crippen molar-refractivity contribution in [3.05, 3.63) is 0 Å². The molecule has 1 unspecified atom stereocenters. The van der Waals surface area contributed by atoms with Gasteiger partial charge in [-0.05, 0) is 26.2 Å². The summed E-state index contributed by atoms with van der Waals surface area (Å²) < 4.78 is 0. The van der Waals surface area contributed by atoms with Crippen LogP contribution in [0.15, 0.2) is 0 Å². The fourth-order valence-electron chi connectivity index (χ4n) is 2.69. The molecule has 1 saturated heterocycles. The van der Waals surface area contributed by atoms with Crippen molar-refractivity contribution in [1.82, 2.24) is 9.80 Å². The number of carbonyl (C=O) groups is 1. The van der Waals surface area contributed by atoms with E-state index in [1.54, 1.807) is 0 Å². The summed E-state index contributed by atoms with van der Waals surface area (Å²) >= 11 is 0. The Morgan fingerprint density at radius 2 is 1.74 bits per heavy atom. The first-order valence-electron chi connectivity index (χ1n) is 7.49. The maximum atomic E-state index is 12.5. The van der Waals surface area contributed by atoms with Gasteiger partial charge in [-0.3, -0.25) is 9.69 Å². The third-order valence-corrected chi connectivity index (χ3v) is 4.65. The minimum absolute atomic E-state index is 0.0313. The SMILES string of the molecule is CCC(C)N1CCN(C(=O)C(C#N)(CC)CC)CC1. The van der Waals surface area contributed by atoms with E-state index < -0.39 is 5.41 Å². The highest BCUT2D eigenvalue weighted by Crippen LogP contribution is 2.28. The number of nitrogens with zero attached hydrogens (tertiary/aromatic N) is 3. The maximum Gasteiger partial charge on any atom is 0.243 e. The number of carbonyl (C=O) groups excluding carboxylic acids is 1. The molecule has 0 N–H and O–H groups in total. The van der Waals surface area contributed by atoms with Crippen LogP contribution in [0.25, 0.3) is 0 Å². The number of hydrogen-bond acceptors (Lipinski definition) is 3. The summed E-state index contributed by atoms with van der Waals surface area (Å²) in [5.74, 6) is 0.0313. The van der Waals surface area contributed by atoms with Crippen LogP contribution in [-0.2, 0) is 4.79 Å². The van der Waals surface area contributed by atoms with E-state index in [4.69, 9.17) is 0 Å². The Labute approximate surface area is 117 Å². The van der Waals surface area contributed by atoms with Crippen molar-refractivity contribution in [2.24, 2.45) is 5.41 Å². The van der Waals surface area contributed by atoms with Crippen molar-refractivity contribution in [2.75, 3.05) is 26.2 Å². The monoisotopic (exact) mass is 265 g/mol. The van der Waals surface area contributed by atoms with Gasteiger partial charge in [0, 0.05) is 32.2 Å². The molecule has 0 bridgehead atoms. The Kier molecular flexibility index (Phi) is 5.81. The molecule has 0 aromatic rings. The molecule has 1 aliphatic rings. The third-order valence-electron chi connectivity index (χ3n) is 4.65. The van der Waals surface area contributed by atoms with Gasteiger partial charge in [-0.1, -0.05) is 20.8 Å². The predicted octanol–water partition coefficient (Wildman–Crippen LogP) is 2.26. The average molecular weight is 265 g/mol. The molecule has 1 fully saturated rings. The molecule has 4 nitrogen and oxygen atoms in total. The van der Waals surface area contributed by atoms with E-state index in [9.17, 15) is 10.1 Å². The zero-order chi connectivity index (χ0) is 14.5. The maximum absolute atomic E-state index is 12.5. The van der Waals surface area contributed by atoms with Crippen molar-refractivity contribution < 1.29 is 4.79 Å². The van der Waals surface area contributed by atoms with Gasteiger partial charge in [0.1, 0.15) is 5.41 Å². The van der Waals surface area contributed by atoms with E-state index in [1.807, 2.05) is 18.7 Å². The van der Waals surface area contributed by atoms with Crippen LogP contribution in [0.4, 0.5) is 0 Å². The molecule has 1 amide bonds. The van der Waals surface area contributed by atoms with Crippen LogP contribution in [-0.4, -0.2) is 47.9 Å². The third kappa shape index (κ3) is 3.27. The van der Waals surface area contributed by atoms with Crippen molar-refractivity contribution in [2.45, 2.75) is 53.0 Å². The molecule has 1 rings (SSSR count). The Balaban J connectivity index is 2.65. The summed E-state index contributed by atoms with van der Waals surface area (Å²) in [6.07, 6.45) is 2.34. The molecule has 19 heavy (non-hydrogen) atoms. The first kappa shape index (κ1) is 16.0.